The Hall–Kier alpha value is -0.890. The summed E-state index contributed by atoms with van der Waals surface area (Å²) in [6, 6.07) is 5.94. The Morgan fingerprint density at radius 2 is 1.91 bits per heavy atom. The number of benzene rings is 1. The highest BCUT2D eigenvalue weighted by Gasteiger charge is 2.35. The van der Waals surface area contributed by atoms with Crippen LogP contribution in [0.4, 0.5) is 5.69 Å². The van der Waals surface area contributed by atoms with E-state index in [-0.39, 0.29) is 0 Å². The van der Waals surface area contributed by atoms with Gasteiger partial charge in [0.25, 0.3) is 0 Å². The van der Waals surface area contributed by atoms with E-state index >= 15 is 0 Å². The molecule has 1 aromatic rings. The van der Waals surface area contributed by atoms with Crippen LogP contribution in [0.15, 0.2) is 34.8 Å². The topological polar surface area (TPSA) is 48.1 Å². The molecule has 3 atom stereocenters. The summed E-state index contributed by atoms with van der Waals surface area (Å²) in [5.41, 5.74) is 6.59. The highest BCUT2D eigenvalue weighted by atomic mass is 79.9. The van der Waals surface area contributed by atoms with Crippen molar-refractivity contribution in [3.8, 4) is 0 Å². The largest absolute Gasteiger partial charge is 0.358 e. The van der Waals surface area contributed by atoms with Crippen LogP contribution in [0, 0.1) is 11.8 Å². The minimum atomic E-state index is 0.415. The van der Waals surface area contributed by atoms with Crippen LogP contribution < -0.4 is 21.5 Å². The van der Waals surface area contributed by atoms with Crippen molar-refractivity contribution < 1.29 is 0 Å². The van der Waals surface area contributed by atoms with Crippen molar-refractivity contribution in [2.75, 3.05) is 5.32 Å². The first kappa shape index (κ1) is 17.0. The van der Waals surface area contributed by atoms with E-state index in [9.17, 15) is 0 Å². The van der Waals surface area contributed by atoms with E-state index < -0.39 is 0 Å². The molecule has 0 saturated heterocycles. The molecule has 23 heavy (non-hydrogen) atoms. The summed E-state index contributed by atoms with van der Waals surface area (Å²) in [4.78, 5) is 0. The maximum atomic E-state index is 6.05. The van der Waals surface area contributed by atoms with Crippen molar-refractivity contribution in [3.63, 3.8) is 0 Å². The second-order valence-electron chi connectivity index (χ2n) is 5.69. The first-order chi connectivity index (χ1) is 11.0. The first-order valence-corrected chi connectivity index (χ1v) is 9.27. The molecule has 8 heteroatoms. The van der Waals surface area contributed by atoms with Crippen molar-refractivity contribution in [1.29, 1.82) is 0 Å². The van der Waals surface area contributed by atoms with Gasteiger partial charge in [0, 0.05) is 16.2 Å². The summed E-state index contributed by atoms with van der Waals surface area (Å²) in [5.74, 6) is 1.30. The second-order valence-corrected chi connectivity index (χ2v) is 7.77. The molecule has 2 aliphatic rings. The van der Waals surface area contributed by atoms with Gasteiger partial charge in [-0.3, -0.25) is 10.9 Å². The van der Waals surface area contributed by atoms with Crippen LogP contribution in [-0.2, 0) is 0 Å². The Morgan fingerprint density at radius 3 is 2.57 bits per heavy atom. The molecule has 122 valence electrons. The lowest BCUT2D eigenvalue weighted by Crippen LogP contribution is -2.51. The maximum absolute atomic E-state index is 6.05. The van der Waals surface area contributed by atoms with Gasteiger partial charge in [-0.2, -0.15) is 0 Å². The molecule has 0 heterocycles. The Balaban J connectivity index is 1.42. The number of rotatable bonds is 2. The molecule has 1 saturated carbocycles. The van der Waals surface area contributed by atoms with Crippen LogP contribution in [-0.4, -0.2) is 16.3 Å². The molecule has 2 bridgehead atoms. The van der Waals surface area contributed by atoms with E-state index in [0.29, 0.717) is 33.1 Å². The van der Waals surface area contributed by atoms with Gasteiger partial charge in [0.2, 0.25) is 0 Å². The van der Waals surface area contributed by atoms with Gasteiger partial charge in [0.15, 0.2) is 10.2 Å². The van der Waals surface area contributed by atoms with Gasteiger partial charge in [0.05, 0.1) is 5.02 Å². The molecule has 3 rings (SSSR count). The third kappa shape index (κ3) is 4.35. The van der Waals surface area contributed by atoms with Gasteiger partial charge < -0.3 is 10.6 Å². The number of anilines is 1. The van der Waals surface area contributed by atoms with Gasteiger partial charge in [0.1, 0.15) is 0 Å². The Kier molecular flexibility index (Phi) is 5.41. The molecule has 1 fully saturated rings. The van der Waals surface area contributed by atoms with Crippen molar-refractivity contribution in [3.05, 3.63) is 39.8 Å². The number of nitrogens with one attached hydrogen (secondary N) is 4. The zero-order valence-electron chi connectivity index (χ0n) is 12.1. The normalized spacial score (nSPS) is 24.3. The van der Waals surface area contributed by atoms with Gasteiger partial charge in [-0.1, -0.05) is 23.8 Å². The van der Waals surface area contributed by atoms with Crippen LogP contribution in [0.2, 0.25) is 5.02 Å². The first-order valence-electron chi connectivity index (χ1n) is 7.28. The number of fused-ring (bicyclic) bond motifs is 2. The van der Waals surface area contributed by atoms with E-state index in [2.05, 4.69) is 49.6 Å². The summed E-state index contributed by atoms with van der Waals surface area (Å²) in [6.07, 6.45) is 6.96. The average molecular weight is 432 g/mol. The molecule has 4 nitrogen and oxygen atoms in total. The minimum Gasteiger partial charge on any atom is -0.358 e. The monoisotopic (exact) mass is 430 g/mol. The van der Waals surface area contributed by atoms with Crippen molar-refractivity contribution in [2.24, 2.45) is 11.8 Å². The zero-order chi connectivity index (χ0) is 16.4. The molecule has 0 amide bonds. The van der Waals surface area contributed by atoms with Gasteiger partial charge in [-0.05, 0) is 83.2 Å². The predicted molar refractivity (Wildman–Crippen MR) is 107 cm³/mol. The van der Waals surface area contributed by atoms with E-state index in [1.165, 1.54) is 6.42 Å². The Labute approximate surface area is 159 Å². The van der Waals surface area contributed by atoms with Gasteiger partial charge in [-0.25, -0.2) is 0 Å². The fourth-order valence-corrected chi connectivity index (χ4v) is 3.80. The zero-order valence-corrected chi connectivity index (χ0v) is 16.1. The molecule has 0 aromatic heterocycles. The highest BCUT2D eigenvalue weighted by Crippen LogP contribution is 2.38. The number of hydrazine groups is 1. The van der Waals surface area contributed by atoms with Crippen LogP contribution in [0.3, 0.4) is 0 Å². The number of hydrogen-bond donors (Lipinski definition) is 4. The lowest BCUT2D eigenvalue weighted by atomic mass is 10.0. The third-order valence-electron chi connectivity index (χ3n) is 4.06. The van der Waals surface area contributed by atoms with E-state index in [1.807, 2.05) is 12.1 Å². The van der Waals surface area contributed by atoms with Crippen molar-refractivity contribution in [1.82, 2.24) is 16.2 Å². The van der Waals surface area contributed by atoms with Gasteiger partial charge >= 0.3 is 0 Å². The number of thiocarbonyl (C=S) groups is 2. The maximum Gasteiger partial charge on any atom is 0.189 e. The molecule has 2 aliphatic carbocycles. The number of allylic oxidation sites excluding steroid dienone is 1. The Morgan fingerprint density at radius 1 is 1.13 bits per heavy atom. The predicted octanol–water partition coefficient (Wildman–Crippen LogP) is 3.73. The summed E-state index contributed by atoms with van der Waals surface area (Å²) < 4.78 is 0.840. The smallest absolute Gasteiger partial charge is 0.189 e. The number of hydrogen-bond acceptors (Lipinski definition) is 2. The van der Waals surface area contributed by atoms with E-state index in [4.69, 9.17) is 36.0 Å². The quantitative estimate of drug-likeness (QED) is 0.325. The Bertz CT molecular complexity index is 667. The van der Waals surface area contributed by atoms with Crippen LogP contribution >= 0.6 is 52.0 Å². The molecule has 0 aliphatic heterocycles. The van der Waals surface area contributed by atoms with Gasteiger partial charge in [-0.15, -0.1) is 0 Å². The van der Waals surface area contributed by atoms with Crippen LogP contribution in [0.1, 0.15) is 12.8 Å². The van der Waals surface area contributed by atoms with Crippen molar-refractivity contribution in [2.45, 2.75) is 18.9 Å². The standard InChI is InChI=1S/C15H16BrClN4S2/c16-11-4-3-10(7-12(11)17)18-14(22)20-21-15(23)19-13-6-8-1-2-9(13)5-8/h1-4,7-9,13H,5-6H2,(H2,18,20,22)(H2,19,21,23)/t8-,9-,13+/m0/s1. The molecule has 0 radical (unpaired) electrons. The summed E-state index contributed by atoms with van der Waals surface area (Å²) in [7, 11) is 0. The third-order valence-corrected chi connectivity index (χ3v) is 5.72. The van der Waals surface area contributed by atoms with E-state index in [0.717, 1.165) is 16.6 Å². The van der Waals surface area contributed by atoms with Crippen molar-refractivity contribution >= 4 is 67.9 Å². The van der Waals surface area contributed by atoms with E-state index in [1.54, 1.807) is 6.07 Å². The minimum absolute atomic E-state index is 0.415. The SMILES string of the molecule is S=C(NNC(=S)N[C@@H]1C[C@H]2C=C[C@H]1C2)Nc1ccc(Br)c(Cl)c1. The molecule has 1 aromatic carbocycles. The summed E-state index contributed by atoms with van der Waals surface area (Å²) >= 11 is 19.9. The number of halogens is 2. The molecule has 4 N–H and O–H groups in total. The highest BCUT2D eigenvalue weighted by molar-refractivity contribution is 9.10. The molecular formula is C15H16BrClN4S2. The lowest BCUT2D eigenvalue weighted by Gasteiger charge is -2.22. The summed E-state index contributed by atoms with van der Waals surface area (Å²) in [5, 5.41) is 7.96. The average Bonchev–Trinajstić information content (AvgIpc) is 3.12. The van der Waals surface area contributed by atoms with Crippen LogP contribution in [0.5, 0.6) is 0 Å². The van der Waals surface area contributed by atoms with Crippen LogP contribution in [0.25, 0.3) is 0 Å². The lowest BCUT2D eigenvalue weighted by molar-refractivity contribution is 0.518. The molecule has 0 spiro atoms. The fourth-order valence-electron chi connectivity index (χ4n) is 3.00. The fraction of sp³-hybridized carbons (Fsp3) is 0.333. The molecular weight excluding hydrogens is 416 g/mol. The molecule has 0 unspecified atom stereocenters. The summed E-state index contributed by atoms with van der Waals surface area (Å²) in [6.45, 7) is 0. The second kappa shape index (κ2) is 7.34.